The molecule has 1 heterocycles. The first-order chi connectivity index (χ1) is 9.29. The number of fused-ring (bicyclic) bond motifs is 1. The predicted octanol–water partition coefficient (Wildman–Crippen LogP) is 2.16. The molecule has 2 amide bonds. The average molecular weight is 259 g/mol. The molecule has 1 aromatic carbocycles. The molecule has 5 nitrogen and oxygen atoms in total. The minimum absolute atomic E-state index is 0.00171. The van der Waals surface area contributed by atoms with Gasteiger partial charge in [-0.1, -0.05) is 6.07 Å². The highest BCUT2D eigenvalue weighted by molar-refractivity contribution is 6.00. The Balaban J connectivity index is 1.79. The summed E-state index contributed by atoms with van der Waals surface area (Å²) < 4.78 is 0. The first kappa shape index (κ1) is 12.0. The highest BCUT2D eigenvalue weighted by Gasteiger charge is 2.32. The van der Waals surface area contributed by atoms with Crippen molar-refractivity contribution in [1.82, 2.24) is 9.88 Å². The summed E-state index contributed by atoms with van der Waals surface area (Å²) in [4.78, 5) is 17.1. The number of aliphatic hydroxyl groups is 1. The number of benzene rings is 1. The van der Waals surface area contributed by atoms with Gasteiger partial charge in [0, 0.05) is 29.7 Å². The maximum Gasteiger partial charge on any atom is 0.322 e. The Labute approximate surface area is 111 Å². The molecule has 19 heavy (non-hydrogen) atoms. The molecule has 0 spiro atoms. The Morgan fingerprint density at radius 1 is 1.42 bits per heavy atom. The normalized spacial score (nSPS) is 14.6. The first-order valence-corrected chi connectivity index (χ1v) is 6.54. The number of rotatable bonds is 4. The lowest BCUT2D eigenvalue weighted by atomic mass is 10.2. The molecular weight excluding hydrogens is 242 g/mol. The van der Waals surface area contributed by atoms with Gasteiger partial charge in [0.25, 0.3) is 0 Å². The van der Waals surface area contributed by atoms with Crippen LogP contribution >= 0.6 is 0 Å². The molecule has 0 bridgehead atoms. The van der Waals surface area contributed by atoms with E-state index in [0.29, 0.717) is 6.54 Å². The van der Waals surface area contributed by atoms with E-state index in [9.17, 15) is 4.79 Å². The standard InChI is InChI=1S/C14H17N3O2/c18-9-8-17(10-4-5-10)14(19)16-13-3-1-2-12-11(13)6-7-15-12/h1-3,6-7,10,15,18H,4-5,8-9H2,(H,16,19). The number of nitrogens with zero attached hydrogens (tertiary/aromatic N) is 1. The number of aromatic amines is 1. The molecule has 1 saturated carbocycles. The lowest BCUT2D eigenvalue weighted by molar-refractivity contribution is 0.185. The molecule has 5 heteroatoms. The molecule has 1 fully saturated rings. The topological polar surface area (TPSA) is 68.4 Å². The summed E-state index contributed by atoms with van der Waals surface area (Å²) in [7, 11) is 0. The van der Waals surface area contributed by atoms with Gasteiger partial charge in [0.05, 0.1) is 12.3 Å². The maximum absolute atomic E-state index is 12.2. The van der Waals surface area contributed by atoms with Gasteiger partial charge in [-0.3, -0.25) is 0 Å². The predicted molar refractivity (Wildman–Crippen MR) is 74.1 cm³/mol. The van der Waals surface area contributed by atoms with E-state index in [1.54, 1.807) is 4.90 Å². The van der Waals surface area contributed by atoms with E-state index in [1.807, 2.05) is 30.5 Å². The van der Waals surface area contributed by atoms with Gasteiger partial charge in [-0.15, -0.1) is 0 Å². The third kappa shape index (κ3) is 2.42. The number of amides is 2. The number of hydrogen-bond acceptors (Lipinski definition) is 2. The van der Waals surface area contributed by atoms with Crippen molar-refractivity contribution in [3.8, 4) is 0 Å². The average Bonchev–Trinajstić information content (AvgIpc) is 3.12. The van der Waals surface area contributed by atoms with Crippen molar-refractivity contribution >= 4 is 22.6 Å². The lowest BCUT2D eigenvalue weighted by Crippen LogP contribution is -2.38. The smallest absolute Gasteiger partial charge is 0.322 e. The van der Waals surface area contributed by atoms with Crippen LogP contribution in [-0.2, 0) is 0 Å². The van der Waals surface area contributed by atoms with Gasteiger partial charge in [0.15, 0.2) is 0 Å². The SMILES string of the molecule is O=C(Nc1cccc2[nH]ccc12)N(CCO)C1CC1. The number of carbonyl (C=O) groups is 1. The molecule has 3 N–H and O–H groups in total. The molecule has 0 aliphatic heterocycles. The first-order valence-electron chi connectivity index (χ1n) is 6.54. The van der Waals surface area contributed by atoms with Gasteiger partial charge >= 0.3 is 6.03 Å². The summed E-state index contributed by atoms with van der Waals surface area (Å²) in [5.41, 5.74) is 1.80. The summed E-state index contributed by atoms with van der Waals surface area (Å²) in [6.07, 6.45) is 3.91. The van der Waals surface area contributed by atoms with E-state index in [1.165, 1.54) is 0 Å². The molecule has 1 aromatic heterocycles. The van der Waals surface area contributed by atoms with Crippen LogP contribution in [0.15, 0.2) is 30.5 Å². The second-order valence-corrected chi connectivity index (χ2v) is 4.82. The van der Waals surface area contributed by atoms with Crippen LogP contribution in [0, 0.1) is 0 Å². The number of anilines is 1. The number of urea groups is 1. The third-order valence-corrected chi connectivity index (χ3v) is 3.43. The zero-order chi connectivity index (χ0) is 13.2. The van der Waals surface area contributed by atoms with Gasteiger partial charge in [-0.05, 0) is 31.0 Å². The van der Waals surface area contributed by atoms with Crippen LogP contribution in [0.3, 0.4) is 0 Å². The van der Waals surface area contributed by atoms with Crippen LogP contribution < -0.4 is 5.32 Å². The van der Waals surface area contributed by atoms with E-state index in [0.717, 1.165) is 29.4 Å². The molecule has 0 radical (unpaired) electrons. The lowest BCUT2D eigenvalue weighted by Gasteiger charge is -2.22. The fraction of sp³-hybridized carbons (Fsp3) is 0.357. The quantitative estimate of drug-likeness (QED) is 0.787. The van der Waals surface area contributed by atoms with E-state index in [-0.39, 0.29) is 18.7 Å². The molecule has 0 unspecified atom stereocenters. The summed E-state index contributed by atoms with van der Waals surface area (Å²) in [5, 5.41) is 13.0. The minimum atomic E-state index is -0.134. The van der Waals surface area contributed by atoms with E-state index in [2.05, 4.69) is 10.3 Å². The second kappa shape index (κ2) is 4.93. The number of nitrogens with one attached hydrogen (secondary N) is 2. The van der Waals surface area contributed by atoms with Crippen molar-refractivity contribution in [2.75, 3.05) is 18.5 Å². The van der Waals surface area contributed by atoms with Crippen LogP contribution in [0.1, 0.15) is 12.8 Å². The Morgan fingerprint density at radius 3 is 3.00 bits per heavy atom. The van der Waals surface area contributed by atoms with Crippen molar-refractivity contribution < 1.29 is 9.90 Å². The number of carbonyl (C=O) groups excluding carboxylic acids is 1. The number of aromatic nitrogens is 1. The van der Waals surface area contributed by atoms with Crippen LogP contribution in [0.5, 0.6) is 0 Å². The molecule has 0 saturated heterocycles. The van der Waals surface area contributed by atoms with Gasteiger partial charge < -0.3 is 20.3 Å². The van der Waals surface area contributed by atoms with E-state index in [4.69, 9.17) is 5.11 Å². The molecule has 2 aromatic rings. The molecule has 1 aliphatic rings. The third-order valence-electron chi connectivity index (χ3n) is 3.43. The zero-order valence-corrected chi connectivity index (χ0v) is 10.6. The molecule has 1 aliphatic carbocycles. The fourth-order valence-corrected chi connectivity index (χ4v) is 2.33. The van der Waals surface area contributed by atoms with Crippen molar-refractivity contribution in [2.45, 2.75) is 18.9 Å². The Bertz CT molecular complexity index is 589. The summed E-state index contributed by atoms with van der Waals surface area (Å²) in [6, 6.07) is 7.86. The van der Waals surface area contributed by atoms with Gasteiger partial charge in [-0.2, -0.15) is 0 Å². The summed E-state index contributed by atoms with van der Waals surface area (Å²) in [6.45, 7) is 0.387. The molecular formula is C14H17N3O2. The number of H-pyrrole nitrogens is 1. The minimum Gasteiger partial charge on any atom is -0.395 e. The van der Waals surface area contributed by atoms with Gasteiger partial charge in [0.1, 0.15) is 0 Å². The van der Waals surface area contributed by atoms with Crippen molar-refractivity contribution in [1.29, 1.82) is 0 Å². The van der Waals surface area contributed by atoms with Crippen molar-refractivity contribution in [3.63, 3.8) is 0 Å². The number of aliphatic hydroxyl groups excluding tert-OH is 1. The zero-order valence-electron chi connectivity index (χ0n) is 10.6. The van der Waals surface area contributed by atoms with Crippen molar-refractivity contribution in [2.24, 2.45) is 0 Å². The van der Waals surface area contributed by atoms with Crippen LogP contribution in [0.2, 0.25) is 0 Å². The van der Waals surface area contributed by atoms with Gasteiger partial charge in [0.2, 0.25) is 0 Å². The summed E-state index contributed by atoms with van der Waals surface area (Å²) in [5.74, 6) is 0. The summed E-state index contributed by atoms with van der Waals surface area (Å²) >= 11 is 0. The molecule has 3 rings (SSSR count). The number of hydrogen-bond donors (Lipinski definition) is 3. The Kier molecular flexibility index (Phi) is 3.13. The van der Waals surface area contributed by atoms with E-state index >= 15 is 0 Å². The molecule has 100 valence electrons. The fourth-order valence-electron chi connectivity index (χ4n) is 2.33. The van der Waals surface area contributed by atoms with Crippen molar-refractivity contribution in [3.05, 3.63) is 30.5 Å². The highest BCUT2D eigenvalue weighted by Crippen LogP contribution is 2.28. The Morgan fingerprint density at radius 2 is 2.26 bits per heavy atom. The van der Waals surface area contributed by atoms with Crippen LogP contribution in [0.25, 0.3) is 10.9 Å². The van der Waals surface area contributed by atoms with E-state index < -0.39 is 0 Å². The van der Waals surface area contributed by atoms with Gasteiger partial charge in [-0.25, -0.2) is 4.79 Å². The van der Waals surface area contributed by atoms with Crippen LogP contribution in [-0.4, -0.2) is 40.2 Å². The Hall–Kier alpha value is -2.01. The largest absolute Gasteiger partial charge is 0.395 e. The monoisotopic (exact) mass is 259 g/mol. The molecule has 0 atom stereocenters. The highest BCUT2D eigenvalue weighted by atomic mass is 16.3. The maximum atomic E-state index is 12.2. The van der Waals surface area contributed by atoms with Crippen LogP contribution in [0.4, 0.5) is 10.5 Å². The second-order valence-electron chi connectivity index (χ2n) is 4.82.